The van der Waals surface area contributed by atoms with E-state index in [9.17, 15) is 0 Å². The van der Waals surface area contributed by atoms with Gasteiger partial charge in [0.1, 0.15) is 4.99 Å². The molecule has 0 saturated carbocycles. The highest BCUT2D eigenvalue weighted by atomic mass is 32.1. The number of nitrogens with zero attached hydrogens (tertiary/aromatic N) is 2. The van der Waals surface area contributed by atoms with E-state index in [-0.39, 0.29) is 0 Å². The van der Waals surface area contributed by atoms with Crippen LogP contribution < -0.4 is 10.6 Å². The van der Waals surface area contributed by atoms with Crippen molar-refractivity contribution in [3.63, 3.8) is 0 Å². The summed E-state index contributed by atoms with van der Waals surface area (Å²) in [5, 5.41) is 0. The molecule has 1 aliphatic heterocycles. The number of nitrogens with two attached hydrogens (primary N) is 1. The molecule has 2 heterocycles. The molecule has 0 bridgehead atoms. The summed E-state index contributed by atoms with van der Waals surface area (Å²) >= 11 is 4.98. The number of thiocarbonyl (C=S) groups is 1. The predicted octanol–water partition coefficient (Wildman–Crippen LogP) is 2.48. The molecule has 1 aromatic rings. The van der Waals surface area contributed by atoms with Crippen molar-refractivity contribution in [2.45, 2.75) is 38.6 Å². The molecular weight excluding hydrogens is 230 g/mol. The second-order valence-corrected chi connectivity index (χ2v) is 4.95. The van der Waals surface area contributed by atoms with Crippen molar-refractivity contribution in [3.05, 3.63) is 24.0 Å². The van der Waals surface area contributed by atoms with Crippen molar-refractivity contribution in [2.24, 2.45) is 5.73 Å². The minimum absolute atomic E-state index is 0.372. The van der Waals surface area contributed by atoms with Gasteiger partial charge in [0.25, 0.3) is 0 Å². The van der Waals surface area contributed by atoms with E-state index in [1.54, 1.807) is 6.20 Å². The molecule has 1 fully saturated rings. The van der Waals surface area contributed by atoms with Crippen molar-refractivity contribution in [1.29, 1.82) is 0 Å². The van der Waals surface area contributed by atoms with Crippen LogP contribution in [0, 0.1) is 0 Å². The largest absolute Gasteiger partial charge is 0.388 e. The lowest BCUT2D eigenvalue weighted by atomic mass is 9.99. The maximum Gasteiger partial charge on any atom is 0.122 e. The molecule has 1 atom stereocenters. The Bertz CT molecular complexity index is 405. The topological polar surface area (TPSA) is 42.2 Å². The number of piperidine rings is 1. The fraction of sp³-hybridized carbons (Fsp3) is 0.538. The third-order valence-electron chi connectivity index (χ3n) is 3.43. The average molecular weight is 249 g/mol. The van der Waals surface area contributed by atoms with Crippen LogP contribution in [0.2, 0.25) is 0 Å². The summed E-state index contributed by atoms with van der Waals surface area (Å²) in [5.74, 6) is 0. The summed E-state index contributed by atoms with van der Waals surface area (Å²) in [7, 11) is 0. The van der Waals surface area contributed by atoms with Crippen molar-refractivity contribution in [1.82, 2.24) is 4.98 Å². The lowest BCUT2D eigenvalue weighted by Gasteiger charge is -2.37. The first-order chi connectivity index (χ1) is 8.22. The van der Waals surface area contributed by atoms with Crippen molar-refractivity contribution in [3.8, 4) is 0 Å². The Morgan fingerprint density at radius 2 is 2.41 bits per heavy atom. The predicted molar refractivity (Wildman–Crippen MR) is 75.4 cm³/mol. The highest BCUT2D eigenvalue weighted by molar-refractivity contribution is 7.80. The lowest BCUT2D eigenvalue weighted by Crippen LogP contribution is -2.39. The summed E-state index contributed by atoms with van der Waals surface area (Å²) in [4.78, 5) is 7.03. The molecule has 1 aromatic heterocycles. The molecule has 0 aromatic carbocycles. The second-order valence-electron chi connectivity index (χ2n) is 4.51. The summed E-state index contributed by atoms with van der Waals surface area (Å²) in [6, 6.07) is 4.71. The highest BCUT2D eigenvalue weighted by Crippen LogP contribution is 2.26. The van der Waals surface area contributed by atoms with E-state index in [1.807, 2.05) is 6.07 Å². The summed E-state index contributed by atoms with van der Waals surface area (Å²) in [6.07, 6.45) is 6.86. The fourth-order valence-electron chi connectivity index (χ4n) is 2.50. The van der Waals surface area contributed by atoms with Crippen LogP contribution in [0.1, 0.15) is 38.3 Å². The molecule has 0 amide bonds. The first-order valence-corrected chi connectivity index (χ1v) is 6.65. The second kappa shape index (κ2) is 5.45. The lowest BCUT2D eigenvalue weighted by molar-refractivity contribution is 0.450. The number of anilines is 1. The van der Waals surface area contributed by atoms with Crippen LogP contribution >= 0.6 is 12.2 Å². The van der Waals surface area contributed by atoms with E-state index in [4.69, 9.17) is 18.0 Å². The smallest absolute Gasteiger partial charge is 0.122 e. The number of rotatable bonds is 3. The third-order valence-corrected chi connectivity index (χ3v) is 3.64. The van der Waals surface area contributed by atoms with Crippen LogP contribution in [-0.2, 0) is 0 Å². The zero-order valence-electron chi connectivity index (χ0n) is 10.2. The third kappa shape index (κ3) is 2.75. The van der Waals surface area contributed by atoms with Gasteiger partial charge in [-0.1, -0.05) is 19.1 Å². The summed E-state index contributed by atoms with van der Waals surface area (Å²) in [6.45, 7) is 3.37. The summed E-state index contributed by atoms with van der Waals surface area (Å²) in [5.41, 5.74) is 7.55. The van der Waals surface area contributed by atoms with Gasteiger partial charge in [0.05, 0.1) is 5.69 Å². The van der Waals surface area contributed by atoms with Crippen LogP contribution in [-0.4, -0.2) is 22.6 Å². The SMILES string of the molecule is CCC1CCCCN1c1ccnc(C(N)=S)c1. The first kappa shape index (κ1) is 12.3. The van der Waals surface area contributed by atoms with Gasteiger partial charge in [0, 0.05) is 24.5 Å². The van der Waals surface area contributed by atoms with Gasteiger partial charge in [-0.25, -0.2) is 0 Å². The molecule has 0 radical (unpaired) electrons. The van der Waals surface area contributed by atoms with E-state index in [1.165, 1.54) is 31.4 Å². The van der Waals surface area contributed by atoms with Gasteiger partial charge in [0.2, 0.25) is 0 Å². The summed E-state index contributed by atoms with van der Waals surface area (Å²) < 4.78 is 0. The normalized spacial score (nSPS) is 20.3. The van der Waals surface area contributed by atoms with Gasteiger partial charge >= 0.3 is 0 Å². The Labute approximate surface area is 108 Å². The number of aromatic nitrogens is 1. The van der Waals surface area contributed by atoms with Crippen LogP contribution in [0.4, 0.5) is 5.69 Å². The molecule has 0 aliphatic carbocycles. The molecule has 2 N–H and O–H groups in total. The van der Waals surface area contributed by atoms with Crippen LogP contribution in [0.15, 0.2) is 18.3 Å². The zero-order valence-corrected chi connectivity index (χ0v) is 11.0. The van der Waals surface area contributed by atoms with Gasteiger partial charge in [-0.3, -0.25) is 4.98 Å². The molecule has 1 aliphatic rings. The van der Waals surface area contributed by atoms with Crippen molar-refractivity contribution >= 4 is 22.9 Å². The van der Waals surface area contributed by atoms with Crippen LogP contribution in [0.3, 0.4) is 0 Å². The van der Waals surface area contributed by atoms with E-state index < -0.39 is 0 Å². The fourth-order valence-corrected chi connectivity index (χ4v) is 2.61. The average Bonchev–Trinajstić information content (AvgIpc) is 2.39. The monoisotopic (exact) mass is 249 g/mol. The standard InChI is InChI=1S/C13H19N3S/c1-2-10-5-3-4-8-16(10)11-6-7-15-12(9-11)13(14)17/h6-7,9-10H,2-5,8H2,1H3,(H2,14,17). The maximum absolute atomic E-state index is 5.63. The molecule has 0 spiro atoms. The van der Waals surface area contributed by atoms with Gasteiger partial charge in [-0.15, -0.1) is 0 Å². The van der Waals surface area contributed by atoms with E-state index in [2.05, 4.69) is 22.9 Å². The molecular formula is C13H19N3S. The molecule has 3 nitrogen and oxygen atoms in total. The molecule has 1 unspecified atom stereocenters. The van der Waals surface area contributed by atoms with Crippen LogP contribution in [0.25, 0.3) is 0 Å². The highest BCUT2D eigenvalue weighted by Gasteiger charge is 2.21. The molecule has 2 rings (SSSR count). The van der Waals surface area contributed by atoms with E-state index in [0.717, 1.165) is 12.2 Å². The van der Waals surface area contributed by atoms with E-state index in [0.29, 0.717) is 11.0 Å². The van der Waals surface area contributed by atoms with Crippen molar-refractivity contribution < 1.29 is 0 Å². The number of pyridine rings is 1. The number of hydrogen-bond acceptors (Lipinski definition) is 3. The van der Waals surface area contributed by atoms with Gasteiger partial charge in [-0.2, -0.15) is 0 Å². The van der Waals surface area contributed by atoms with Gasteiger partial charge in [0.15, 0.2) is 0 Å². The maximum atomic E-state index is 5.63. The number of hydrogen-bond donors (Lipinski definition) is 1. The quantitative estimate of drug-likeness (QED) is 0.836. The van der Waals surface area contributed by atoms with E-state index >= 15 is 0 Å². The Balaban J connectivity index is 2.25. The van der Waals surface area contributed by atoms with Gasteiger partial charge < -0.3 is 10.6 Å². The Morgan fingerprint density at radius 1 is 1.59 bits per heavy atom. The van der Waals surface area contributed by atoms with Crippen molar-refractivity contribution in [2.75, 3.05) is 11.4 Å². The molecule has 4 heteroatoms. The first-order valence-electron chi connectivity index (χ1n) is 6.25. The molecule has 92 valence electrons. The minimum Gasteiger partial charge on any atom is -0.388 e. The Morgan fingerprint density at radius 3 is 3.12 bits per heavy atom. The minimum atomic E-state index is 0.372. The Hall–Kier alpha value is -1.16. The van der Waals surface area contributed by atoms with Crippen LogP contribution in [0.5, 0.6) is 0 Å². The zero-order chi connectivity index (χ0) is 12.3. The molecule has 1 saturated heterocycles. The Kier molecular flexibility index (Phi) is 3.94. The van der Waals surface area contributed by atoms with Gasteiger partial charge in [-0.05, 0) is 37.8 Å². The molecule has 17 heavy (non-hydrogen) atoms.